The zero-order chi connectivity index (χ0) is 9.47. The molecule has 2 nitrogen and oxygen atoms in total. The highest BCUT2D eigenvalue weighted by atomic mass is 16.3. The minimum absolute atomic E-state index is 0.141. The van der Waals surface area contributed by atoms with Crippen molar-refractivity contribution < 1.29 is 5.11 Å². The van der Waals surface area contributed by atoms with Crippen LogP contribution >= 0.6 is 0 Å². The average Bonchev–Trinajstić information content (AvgIpc) is 2.42. The van der Waals surface area contributed by atoms with Gasteiger partial charge in [-0.2, -0.15) is 0 Å². The molecule has 0 fully saturated rings. The van der Waals surface area contributed by atoms with Crippen molar-refractivity contribution in [2.24, 2.45) is 5.73 Å². The summed E-state index contributed by atoms with van der Waals surface area (Å²) in [4.78, 5) is 0. The van der Waals surface area contributed by atoms with Gasteiger partial charge in [-0.1, -0.05) is 30.2 Å². The molecule has 0 aromatic heterocycles. The third kappa shape index (κ3) is 1.06. The molecule has 0 bridgehead atoms. The lowest BCUT2D eigenvalue weighted by molar-refractivity contribution is 0.0971. The summed E-state index contributed by atoms with van der Waals surface area (Å²) in [7, 11) is 0. The second-order valence-corrected chi connectivity index (χ2v) is 3.40. The molecule has 2 atom stereocenters. The summed E-state index contributed by atoms with van der Waals surface area (Å²) in [6.45, 7) is 0. The normalized spacial score (nSPS) is 31.0. The maximum absolute atomic E-state index is 10.0. The number of nitrogens with two attached hydrogens (primary N) is 1. The van der Waals surface area contributed by atoms with Crippen LogP contribution in [0.25, 0.3) is 0 Å². The standard InChI is InChI=1S/C11H11NO/c1-2-11(13)7-10(12)8-5-3-4-6-9(8)11/h1,3-6,10,13H,7,12H2. The molecule has 0 spiro atoms. The number of hydrogen-bond acceptors (Lipinski definition) is 2. The van der Waals surface area contributed by atoms with Crippen LogP contribution in [0.1, 0.15) is 23.6 Å². The van der Waals surface area contributed by atoms with Gasteiger partial charge in [0.2, 0.25) is 0 Å². The Morgan fingerprint density at radius 2 is 2.23 bits per heavy atom. The summed E-state index contributed by atoms with van der Waals surface area (Å²) in [5.41, 5.74) is 6.43. The van der Waals surface area contributed by atoms with Gasteiger partial charge in [-0.15, -0.1) is 6.42 Å². The SMILES string of the molecule is C#CC1(O)CC(N)c2ccccc21. The molecule has 1 aliphatic carbocycles. The van der Waals surface area contributed by atoms with Crippen molar-refractivity contribution in [3.05, 3.63) is 35.4 Å². The van der Waals surface area contributed by atoms with Crippen LogP contribution in [0.2, 0.25) is 0 Å². The summed E-state index contributed by atoms with van der Waals surface area (Å²) in [5, 5.41) is 10.0. The Balaban J connectivity index is 2.61. The Kier molecular flexibility index (Phi) is 1.66. The molecule has 0 heterocycles. The van der Waals surface area contributed by atoms with Crippen LogP contribution in [-0.4, -0.2) is 5.11 Å². The van der Waals surface area contributed by atoms with Gasteiger partial charge < -0.3 is 10.8 Å². The van der Waals surface area contributed by atoms with Crippen molar-refractivity contribution >= 4 is 0 Å². The minimum Gasteiger partial charge on any atom is -0.373 e. The molecule has 0 aliphatic heterocycles. The highest BCUT2D eigenvalue weighted by Gasteiger charge is 2.39. The predicted molar refractivity (Wildman–Crippen MR) is 50.7 cm³/mol. The quantitative estimate of drug-likeness (QED) is 0.573. The van der Waals surface area contributed by atoms with Crippen molar-refractivity contribution in [3.63, 3.8) is 0 Å². The molecular weight excluding hydrogens is 162 g/mol. The lowest BCUT2D eigenvalue weighted by Crippen LogP contribution is -2.20. The molecule has 2 unspecified atom stereocenters. The Bertz CT molecular complexity index is 380. The lowest BCUT2D eigenvalue weighted by atomic mass is 9.97. The first-order valence-electron chi connectivity index (χ1n) is 4.22. The van der Waals surface area contributed by atoms with Crippen molar-refractivity contribution in [2.45, 2.75) is 18.1 Å². The van der Waals surface area contributed by atoms with E-state index in [1.165, 1.54) is 0 Å². The summed E-state index contributed by atoms with van der Waals surface area (Å²) >= 11 is 0. The van der Waals surface area contributed by atoms with Crippen molar-refractivity contribution in [3.8, 4) is 12.3 Å². The lowest BCUT2D eigenvalue weighted by Gasteiger charge is -2.15. The maximum atomic E-state index is 10.0. The van der Waals surface area contributed by atoms with Gasteiger partial charge in [0.05, 0.1) is 0 Å². The molecule has 2 heteroatoms. The second kappa shape index (κ2) is 2.59. The fourth-order valence-corrected chi connectivity index (χ4v) is 1.87. The summed E-state index contributed by atoms with van der Waals surface area (Å²) in [5.74, 6) is 2.40. The Labute approximate surface area is 77.4 Å². The third-order valence-corrected chi connectivity index (χ3v) is 2.56. The van der Waals surface area contributed by atoms with Crippen molar-refractivity contribution in [2.75, 3.05) is 0 Å². The number of rotatable bonds is 0. The summed E-state index contributed by atoms with van der Waals surface area (Å²) in [6.07, 6.45) is 5.71. The van der Waals surface area contributed by atoms with E-state index < -0.39 is 5.60 Å². The van der Waals surface area contributed by atoms with Gasteiger partial charge in [0, 0.05) is 18.0 Å². The zero-order valence-corrected chi connectivity index (χ0v) is 7.20. The molecular formula is C11H11NO. The number of aliphatic hydroxyl groups is 1. The largest absolute Gasteiger partial charge is 0.373 e. The fourth-order valence-electron chi connectivity index (χ4n) is 1.87. The van der Waals surface area contributed by atoms with Crippen LogP contribution < -0.4 is 5.73 Å². The van der Waals surface area contributed by atoms with Crippen LogP contribution in [0, 0.1) is 12.3 Å². The van der Waals surface area contributed by atoms with Gasteiger partial charge >= 0.3 is 0 Å². The molecule has 0 saturated carbocycles. The molecule has 66 valence electrons. The number of terminal acetylenes is 1. The van der Waals surface area contributed by atoms with Crippen LogP contribution in [0.3, 0.4) is 0 Å². The van der Waals surface area contributed by atoms with Crippen LogP contribution in [0.5, 0.6) is 0 Å². The van der Waals surface area contributed by atoms with Gasteiger partial charge in [0.25, 0.3) is 0 Å². The topological polar surface area (TPSA) is 46.2 Å². The van der Waals surface area contributed by atoms with Gasteiger partial charge in [-0.25, -0.2) is 0 Å². The smallest absolute Gasteiger partial charge is 0.152 e. The third-order valence-electron chi connectivity index (χ3n) is 2.56. The van der Waals surface area contributed by atoms with E-state index in [1.54, 1.807) is 0 Å². The Morgan fingerprint density at radius 3 is 2.92 bits per heavy atom. The number of hydrogen-bond donors (Lipinski definition) is 2. The first kappa shape index (κ1) is 8.31. The predicted octanol–water partition coefficient (Wildman–Crippen LogP) is 0.911. The van der Waals surface area contributed by atoms with Gasteiger partial charge in [0.1, 0.15) is 0 Å². The fraction of sp³-hybridized carbons (Fsp3) is 0.273. The average molecular weight is 173 g/mol. The molecule has 13 heavy (non-hydrogen) atoms. The van der Waals surface area contributed by atoms with Crippen LogP contribution in [0.4, 0.5) is 0 Å². The maximum Gasteiger partial charge on any atom is 0.152 e. The molecule has 3 N–H and O–H groups in total. The molecule has 1 aliphatic rings. The van der Waals surface area contributed by atoms with E-state index in [1.807, 2.05) is 24.3 Å². The first-order valence-corrected chi connectivity index (χ1v) is 4.22. The molecule has 1 aromatic rings. The van der Waals surface area contributed by atoms with E-state index in [-0.39, 0.29) is 6.04 Å². The second-order valence-electron chi connectivity index (χ2n) is 3.40. The van der Waals surface area contributed by atoms with Gasteiger partial charge in [-0.05, 0) is 5.56 Å². The van der Waals surface area contributed by atoms with Gasteiger partial charge in [0.15, 0.2) is 5.60 Å². The van der Waals surface area contributed by atoms with E-state index >= 15 is 0 Å². The van der Waals surface area contributed by atoms with E-state index in [2.05, 4.69) is 5.92 Å². The Morgan fingerprint density at radius 1 is 1.54 bits per heavy atom. The van der Waals surface area contributed by atoms with Crippen molar-refractivity contribution in [1.29, 1.82) is 0 Å². The first-order chi connectivity index (χ1) is 6.17. The molecule has 0 amide bonds. The van der Waals surface area contributed by atoms with E-state index in [4.69, 9.17) is 12.2 Å². The highest BCUT2D eigenvalue weighted by Crippen LogP contribution is 2.41. The molecule has 0 radical (unpaired) electrons. The van der Waals surface area contributed by atoms with E-state index in [0.29, 0.717) is 6.42 Å². The summed E-state index contributed by atoms with van der Waals surface area (Å²) in [6, 6.07) is 7.37. The Hall–Kier alpha value is -1.30. The monoisotopic (exact) mass is 173 g/mol. The zero-order valence-electron chi connectivity index (χ0n) is 7.20. The van der Waals surface area contributed by atoms with Crippen LogP contribution in [0.15, 0.2) is 24.3 Å². The molecule has 2 rings (SSSR count). The van der Waals surface area contributed by atoms with E-state index in [9.17, 15) is 5.11 Å². The highest BCUT2D eigenvalue weighted by molar-refractivity contribution is 5.44. The summed E-state index contributed by atoms with van der Waals surface area (Å²) < 4.78 is 0. The van der Waals surface area contributed by atoms with E-state index in [0.717, 1.165) is 11.1 Å². The molecule has 1 aromatic carbocycles. The number of fused-ring (bicyclic) bond motifs is 1. The van der Waals surface area contributed by atoms with Gasteiger partial charge in [-0.3, -0.25) is 0 Å². The number of benzene rings is 1. The minimum atomic E-state index is -1.16. The van der Waals surface area contributed by atoms with Crippen molar-refractivity contribution in [1.82, 2.24) is 0 Å². The molecule has 0 saturated heterocycles. The van der Waals surface area contributed by atoms with Crippen LogP contribution in [-0.2, 0) is 5.60 Å².